The van der Waals surface area contributed by atoms with Gasteiger partial charge in [0.15, 0.2) is 0 Å². The number of nitrogens with one attached hydrogen (secondary N) is 1. The van der Waals surface area contributed by atoms with Gasteiger partial charge in [-0.25, -0.2) is 4.79 Å². The zero-order chi connectivity index (χ0) is 13.9. The highest BCUT2D eigenvalue weighted by atomic mass is 16.5. The molecule has 1 aromatic carbocycles. The lowest BCUT2D eigenvalue weighted by Crippen LogP contribution is -2.15. The molecule has 94 valence electrons. The number of anilines is 1. The maximum atomic E-state index is 11.7. The fraction of sp³-hybridized carbons (Fsp3) is 0.308. The Hall–Kier alpha value is -2.35. The quantitative estimate of drug-likeness (QED) is 0.808. The van der Waals surface area contributed by atoms with Crippen LogP contribution in [0.4, 0.5) is 5.69 Å². The van der Waals surface area contributed by atoms with Crippen LogP contribution in [0.5, 0.6) is 0 Å². The van der Waals surface area contributed by atoms with E-state index in [9.17, 15) is 9.59 Å². The van der Waals surface area contributed by atoms with Gasteiger partial charge >= 0.3 is 5.97 Å². The van der Waals surface area contributed by atoms with Crippen molar-refractivity contribution in [3.05, 3.63) is 28.3 Å². The van der Waals surface area contributed by atoms with Crippen molar-refractivity contribution in [2.75, 3.05) is 12.4 Å². The molecule has 0 aliphatic rings. The number of ether oxygens (including phenoxy) is 1. The van der Waals surface area contributed by atoms with E-state index in [1.54, 1.807) is 19.9 Å². The Morgan fingerprint density at radius 1 is 1.39 bits per heavy atom. The van der Waals surface area contributed by atoms with Gasteiger partial charge in [-0.3, -0.25) is 4.79 Å². The molecule has 0 aliphatic carbocycles. The first kappa shape index (κ1) is 13.7. The Labute approximate surface area is 105 Å². The van der Waals surface area contributed by atoms with E-state index in [4.69, 9.17) is 5.26 Å². The van der Waals surface area contributed by atoms with E-state index in [2.05, 4.69) is 10.1 Å². The molecule has 1 N–H and O–H groups in total. The molecule has 5 nitrogen and oxygen atoms in total. The van der Waals surface area contributed by atoms with Crippen molar-refractivity contribution < 1.29 is 14.3 Å². The molecule has 0 bridgehead atoms. The number of carbonyl (C=O) groups is 2. The molecular formula is C13H14N2O3. The van der Waals surface area contributed by atoms with Gasteiger partial charge in [-0.2, -0.15) is 5.26 Å². The monoisotopic (exact) mass is 246 g/mol. The molecule has 0 saturated carbocycles. The molecule has 0 saturated heterocycles. The molecule has 0 spiro atoms. The molecule has 0 fully saturated rings. The maximum absolute atomic E-state index is 11.7. The second kappa shape index (κ2) is 5.32. The van der Waals surface area contributed by atoms with Gasteiger partial charge in [0.25, 0.3) is 0 Å². The zero-order valence-corrected chi connectivity index (χ0v) is 10.7. The van der Waals surface area contributed by atoms with Crippen LogP contribution < -0.4 is 5.32 Å². The van der Waals surface area contributed by atoms with Crippen LogP contribution in [0.2, 0.25) is 0 Å². The first-order valence-corrected chi connectivity index (χ1v) is 5.32. The zero-order valence-electron chi connectivity index (χ0n) is 10.7. The first-order valence-electron chi connectivity index (χ1n) is 5.32. The molecule has 0 aliphatic heterocycles. The van der Waals surface area contributed by atoms with E-state index < -0.39 is 5.97 Å². The van der Waals surface area contributed by atoms with Crippen molar-refractivity contribution in [1.82, 2.24) is 0 Å². The first-order chi connectivity index (χ1) is 8.42. The molecule has 0 aromatic heterocycles. The summed E-state index contributed by atoms with van der Waals surface area (Å²) in [6, 6.07) is 3.61. The van der Waals surface area contributed by atoms with Gasteiger partial charge in [0.05, 0.1) is 23.9 Å². The minimum absolute atomic E-state index is 0.187. The van der Waals surface area contributed by atoms with E-state index in [0.717, 1.165) is 11.1 Å². The smallest absolute Gasteiger partial charge is 0.340 e. The van der Waals surface area contributed by atoms with E-state index in [1.807, 2.05) is 6.07 Å². The number of amides is 1. The number of nitriles is 1. The summed E-state index contributed by atoms with van der Waals surface area (Å²) in [7, 11) is 1.25. The number of rotatable bonds is 2. The third kappa shape index (κ3) is 2.48. The summed E-state index contributed by atoms with van der Waals surface area (Å²) in [5.74, 6) is -0.932. The maximum Gasteiger partial charge on any atom is 0.340 e. The van der Waals surface area contributed by atoms with Crippen LogP contribution in [-0.2, 0) is 9.53 Å². The molecule has 0 radical (unpaired) electrons. The van der Waals surface area contributed by atoms with Gasteiger partial charge < -0.3 is 10.1 Å². The lowest BCUT2D eigenvalue weighted by atomic mass is 9.97. The molecular weight excluding hydrogens is 232 g/mol. The lowest BCUT2D eigenvalue weighted by Gasteiger charge is -2.14. The van der Waals surface area contributed by atoms with Crippen LogP contribution in [0.3, 0.4) is 0 Å². The van der Waals surface area contributed by atoms with Gasteiger partial charge in [0, 0.05) is 6.92 Å². The van der Waals surface area contributed by atoms with Crippen LogP contribution in [0.25, 0.3) is 0 Å². The SMILES string of the molecule is COC(=O)c1cc(C)c(C)c(C#N)c1NC(C)=O. The Balaban J connectivity index is 3.59. The molecule has 1 rings (SSSR count). The van der Waals surface area contributed by atoms with Gasteiger partial charge in [0.1, 0.15) is 6.07 Å². The summed E-state index contributed by atoms with van der Waals surface area (Å²) in [5.41, 5.74) is 2.20. The van der Waals surface area contributed by atoms with Crippen LogP contribution in [0, 0.1) is 25.2 Å². The highest BCUT2D eigenvalue weighted by Crippen LogP contribution is 2.27. The van der Waals surface area contributed by atoms with Crippen molar-refractivity contribution in [1.29, 1.82) is 5.26 Å². The Bertz CT molecular complexity index is 556. The molecule has 0 unspecified atom stereocenters. The van der Waals surface area contributed by atoms with Crippen molar-refractivity contribution in [2.24, 2.45) is 0 Å². The van der Waals surface area contributed by atoms with Crippen molar-refractivity contribution in [3.8, 4) is 6.07 Å². The minimum Gasteiger partial charge on any atom is -0.465 e. The van der Waals surface area contributed by atoms with Crippen molar-refractivity contribution in [3.63, 3.8) is 0 Å². The number of hydrogen-bond acceptors (Lipinski definition) is 4. The average molecular weight is 246 g/mol. The van der Waals surface area contributed by atoms with E-state index in [1.165, 1.54) is 14.0 Å². The third-order valence-electron chi connectivity index (χ3n) is 2.66. The van der Waals surface area contributed by atoms with Gasteiger partial charge in [-0.15, -0.1) is 0 Å². The fourth-order valence-corrected chi connectivity index (χ4v) is 1.63. The Morgan fingerprint density at radius 2 is 2.00 bits per heavy atom. The highest BCUT2D eigenvalue weighted by Gasteiger charge is 2.20. The summed E-state index contributed by atoms with van der Waals surface area (Å²) in [4.78, 5) is 22.8. The summed E-state index contributed by atoms with van der Waals surface area (Å²) < 4.78 is 4.65. The summed E-state index contributed by atoms with van der Waals surface area (Å²) in [5, 5.41) is 11.7. The third-order valence-corrected chi connectivity index (χ3v) is 2.66. The number of methoxy groups -OCH3 is 1. The van der Waals surface area contributed by atoms with Gasteiger partial charge in [-0.1, -0.05) is 0 Å². The van der Waals surface area contributed by atoms with Crippen LogP contribution in [0.15, 0.2) is 6.07 Å². The summed E-state index contributed by atoms with van der Waals surface area (Å²) in [6.45, 7) is 4.87. The second-order valence-corrected chi connectivity index (χ2v) is 3.90. The number of benzene rings is 1. The van der Waals surface area contributed by atoms with E-state index in [0.29, 0.717) is 0 Å². The molecule has 1 aromatic rings. The minimum atomic E-state index is -0.585. The van der Waals surface area contributed by atoms with Crippen LogP contribution >= 0.6 is 0 Å². The van der Waals surface area contributed by atoms with Crippen LogP contribution in [-0.4, -0.2) is 19.0 Å². The Morgan fingerprint density at radius 3 is 2.44 bits per heavy atom. The van der Waals surface area contributed by atoms with Crippen molar-refractivity contribution >= 4 is 17.6 Å². The molecule has 0 heterocycles. The predicted molar refractivity (Wildman–Crippen MR) is 66.3 cm³/mol. The predicted octanol–water partition coefficient (Wildman–Crippen LogP) is 1.92. The van der Waals surface area contributed by atoms with Gasteiger partial charge in [0.2, 0.25) is 5.91 Å². The standard InChI is InChI=1S/C13H14N2O3/c1-7-5-10(13(17)18-4)12(15-9(3)16)11(6-14)8(7)2/h5H,1-4H3,(H,15,16). The second-order valence-electron chi connectivity index (χ2n) is 3.90. The number of hydrogen-bond donors (Lipinski definition) is 1. The number of aryl methyl sites for hydroxylation is 1. The van der Waals surface area contributed by atoms with Gasteiger partial charge in [-0.05, 0) is 31.0 Å². The molecule has 0 atom stereocenters. The Kier molecular flexibility index (Phi) is 4.05. The number of esters is 1. The number of carbonyl (C=O) groups excluding carboxylic acids is 2. The fourth-order valence-electron chi connectivity index (χ4n) is 1.63. The summed E-state index contributed by atoms with van der Waals surface area (Å²) >= 11 is 0. The molecule has 1 amide bonds. The normalized spacial score (nSPS) is 9.50. The van der Waals surface area contributed by atoms with Crippen LogP contribution in [0.1, 0.15) is 34.0 Å². The topological polar surface area (TPSA) is 79.2 Å². The number of nitrogens with zero attached hydrogens (tertiary/aromatic N) is 1. The molecule has 5 heteroatoms. The summed E-state index contributed by atoms with van der Waals surface area (Å²) in [6.07, 6.45) is 0. The molecule has 18 heavy (non-hydrogen) atoms. The van der Waals surface area contributed by atoms with Crippen molar-refractivity contribution in [2.45, 2.75) is 20.8 Å². The highest BCUT2D eigenvalue weighted by molar-refractivity contribution is 6.02. The average Bonchev–Trinajstić information content (AvgIpc) is 2.32. The van der Waals surface area contributed by atoms with E-state index >= 15 is 0 Å². The van der Waals surface area contributed by atoms with E-state index in [-0.39, 0.29) is 22.7 Å². The largest absolute Gasteiger partial charge is 0.465 e. The lowest BCUT2D eigenvalue weighted by molar-refractivity contribution is -0.114.